The molecule has 0 amide bonds. The second kappa shape index (κ2) is 6.00. The molecule has 1 aromatic carbocycles. The first kappa shape index (κ1) is 14.0. The average Bonchev–Trinajstić information content (AvgIpc) is 2.29. The fourth-order valence-electron chi connectivity index (χ4n) is 1.49. The van der Waals surface area contributed by atoms with E-state index in [0.717, 1.165) is 12.1 Å². The Morgan fingerprint density at radius 1 is 1.29 bits per heavy atom. The van der Waals surface area contributed by atoms with Crippen LogP contribution >= 0.6 is 0 Å². The molecule has 0 fully saturated rings. The van der Waals surface area contributed by atoms with E-state index in [4.69, 9.17) is 10.6 Å². The van der Waals surface area contributed by atoms with Crippen molar-refractivity contribution in [3.63, 3.8) is 0 Å². The van der Waals surface area contributed by atoms with E-state index in [-0.39, 0.29) is 6.04 Å². The number of methoxy groups -OCH3 is 1. The second-order valence-electron chi connectivity index (χ2n) is 3.62. The molecular formula is C11H15F3N2O. The van der Waals surface area contributed by atoms with Crippen LogP contribution in [0.2, 0.25) is 0 Å². The van der Waals surface area contributed by atoms with Crippen molar-refractivity contribution >= 4 is 0 Å². The van der Waals surface area contributed by atoms with Crippen LogP contribution in [0, 0.1) is 0 Å². The first-order chi connectivity index (χ1) is 7.99. The van der Waals surface area contributed by atoms with E-state index in [1.165, 1.54) is 12.1 Å². The lowest BCUT2D eigenvalue weighted by Gasteiger charge is -2.16. The maximum atomic E-state index is 12.3. The van der Waals surface area contributed by atoms with Gasteiger partial charge in [0, 0.05) is 19.8 Å². The minimum atomic E-state index is -4.31. The molecule has 3 nitrogen and oxygen atoms in total. The molecule has 0 heterocycles. The Hall–Kier alpha value is -1.11. The summed E-state index contributed by atoms with van der Waals surface area (Å²) in [6, 6.07) is 4.72. The third-order valence-electron chi connectivity index (χ3n) is 2.45. The van der Waals surface area contributed by atoms with Crippen molar-refractivity contribution in [1.82, 2.24) is 5.43 Å². The number of hydrazine groups is 1. The van der Waals surface area contributed by atoms with Gasteiger partial charge in [0.05, 0.1) is 5.56 Å². The summed E-state index contributed by atoms with van der Waals surface area (Å²) >= 11 is 0. The fourth-order valence-corrected chi connectivity index (χ4v) is 1.49. The van der Waals surface area contributed by atoms with E-state index in [1.807, 2.05) is 0 Å². The van der Waals surface area contributed by atoms with Gasteiger partial charge in [0.25, 0.3) is 0 Å². The van der Waals surface area contributed by atoms with E-state index < -0.39 is 11.7 Å². The Labute approximate surface area is 97.7 Å². The zero-order chi connectivity index (χ0) is 12.9. The number of nitrogens with two attached hydrogens (primary N) is 1. The fraction of sp³-hybridized carbons (Fsp3) is 0.455. The van der Waals surface area contributed by atoms with Crippen molar-refractivity contribution in [2.24, 2.45) is 5.84 Å². The first-order valence-corrected chi connectivity index (χ1v) is 5.11. The van der Waals surface area contributed by atoms with Gasteiger partial charge < -0.3 is 4.74 Å². The lowest BCUT2D eigenvalue weighted by Crippen LogP contribution is -2.28. The Morgan fingerprint density at radius 2 is 1.88 bits per heavy atom. The molecule has 1 aromatic rings. The van der Waals surface area contributed by atoms with Gasteiger partial charge in [-0.05, 0) is 24.1 Å². The third kappa shape index (κ3) is 3.99. The SMILES string of the molecule is COCCC(NN)c1ccc(C(F)(F)F)cc1. The molecule has 1 unspecified atom stereocenters. The summed E-state index contributed by atoms with van der Waals surface area (Å²) in [5.41, 5.74) is 2.59. The molecule has 6 heteroatoms. The molecule has 1 atom stereocenters. The van der Waals surface area contributed by atoms with Crippen molar-refractivity contribution < 1.29 is 17.9 Å². The van der Waals surface area contributed by atoms with E-state index in [0.29, 0.717) is 18.6 Å². The molecule has 0 aromatic heterocycles. The van der Waals surface area contributed by atoms with Crippen LogP contribution in [0.25, 0.3) is 0 Å². The summed E-state index contributed by atoms with van der Waals surface area (Å²) in [7, 11) is 1.56. The van der Waals surface area contributed by atoms with Crippen molar-refractivity contribution in [1.29, 1.82) is 0 Å². The van der Waals surface area contributed by atoms with Crippen molar-refractivity contribution in [3.8, 4) is 0 Å². The lowest BCUT2D eigenvalue weighted by atomic mass is 10.0. The van der Waals surface area contributed by atoms with Crippen molar-refractivity contribution in [3.05, 3.63) is 35.4 Å². The van der Waals surface area contributed by atoms with Gasteiger partial charge in [-0.2, -0.15) is 13.2 Å². The number of hydrogen-bond acceptors (Lipinski definition) is 3. The summed E-state index contributed by atoms with van der Waals surface area (Å²) in [4.78, 5) is 0. The molecule has 0 bridgehead atoms. The molecule has 0 aliphatic rings. The van der Waals surface area contributed by atoms with Gasteiger partial charge >= 0.3 is 6.18 Å². The summed E-state index contributed by atoms with van der Waals surface area (Å²) in [5, 5.41) is 0. The predicted octanol–water partition coefficient (Wildman–Crippen LogP) is 2.25. The molecule has 0 saturated heterocycles. The quantitative estimate of drug-likeness (QED) is 0.620. The number of alkyl halides is 3. The average molecular weight is 248 g/mol. The highest BCUT2D eigenvalue weighted by Gasteiger charge is 2.30. The second-order valence-corrected chi connectivity index (χ2v) is 3.62. The van der Waals surface area contributed by atoms with Gasteiger partial charge in [0.1, 0.15) is 0 Å². The molecule has 96 valence electrons. The topological polar surface area (TPSA) is 47.3 Å². The lowest BCUT2D eigenvalue weighted by molar-refractivity contribution is -0.137. The van der Waals surface area contributed by atoms with Gasteiger partial charge in [-0.25, -0.2) is 0 Å². The highest BCUT2D eigenvalue weighted by Crippen LogP contribution is 2.30. The van der Waals surface area contributed by atoms with E-state index in [1.54, 1.807) is 7.11 Å². The van der Waals surface area contributed by atoms with Crippen LogP contribution in [-0.4, -0.2) is 13.7 Å². The highest BCUT2D eigenvalue weighted by atomic mass is 19.4. The molecule has 0 spiro atoms. The molecule has 17 heavy (non-hydrogen) atoms. The molecule has 0 aliphatic heterocycles. The van der Waals surface area contributed by atoms with Crippen LogP contribution in [0.4, 0.5) is 13.2 Å². The predicted molar refractivity (Wildman–Crippen MR) is 58.0 cm³/mol. The molecule has 0 aliphatic carbocycles. The minimum Gasteiger partial charge on any atom is -0.385 e. The van der Waals surface area contributed by atoms with Crippen LogP contribution in [0.3, 0.4) is 0 Å². The monoisotopic (exact) mass is 248 g/mol. The van der Waals surface area contributed by atoms with E-state index in [2.05, 4.69) is 5.43 Å². The van der Waals surface area contributed by atoms with Crippen molar-refractivity contribution in [2.45, 2.75) is 18.6 Å². The van der Waals surface area contributed by atoms with Gasteiger partial charge in [0.15, 0.2) is 0 Å². The zero-order valence-electron chi connectivity index (χ0n) is 9.42. The largest absolute Gasteiger partial charge is 0.416 e. The van der Waals surface area contributed by atoms with Crippen LogP contribution in [0.1, 0.15) is 23.6 Å². The van der Waals surface area contributed by atoms with E-state index in [9.17, 15) is 13.2 Å². The molecule has 1 rings (SSSR count). The number of benzene rings is 1. The first-order valence-electron chi connectivity index (χ1n) is 5.11. The maximum Gasteiger partial charge on any atom is 0.416 e. The molecule has 3 N–H and O–H groups in total. The van der Waals surface area contributed by atoms with Gasteiger partial charge in [-0.15, -0.1) is 0 Å². The van der Waals surface area contributed by atoms with Crippen LogP contribution in [0.5, 0.6) is 0 Å². The van der Waals surface area contributed by atoms with Gasteiger partial charge in [-0.1, -0.05) is 12.1 Å². The Morgan fingerprint density at radius 3 is 2.29 bits per heavy atom. The van der Waals surface area contributed by atoms with Crippen LogP contribution in [0.15, 0.2) is 24.3 Å². The van der Waals surface area contributed by atoms with Crippen LogP contribution < -0.4 is 11.3 Å². The molecule has 0 saturated carbocycles. The number of hydrogen-bond donors (Lipinski definition) is 2. The Kier molecular flexibility index (Phi) is 4.92. The Balaban J connectivity index is 2.78. The minimum absolute atomic E-state index is 0.211. The number of ether oxygens (including phenoxy) is 1. The van der Waals surface area contributed by atoms with Crippen molar-refractivity contribution in [2.75, 3.05) is 13.7 Å². The normalized spacial score (nSPS) is 13.7. The zero-order valence-corrected chi connectivity index (χ0v) is 9.42. The number of rotatable bonds is 5. The third-order valence-corrected chi connectivity index (χ3v) is 2.45. The summed E-state index contributed by atoms with van der Waals surface area (Å²) in [6.45, 7) is 0.482. The summed E-state index contributed by atoms with van der Waals surface area (Å²) in [5.74, 6) is 5.34. The molecule has 0 radical (unpaired) electrons. The maximum absolute atomic E-state index is 12.3. The summed E-state index contributed by atoms with van der Waals surface area (Å²) < 4.78 is 41.9. The van der Waals surface area contributed by atoms with Gasteiger partial charge in [-0.3, -0.25) is 11.3 Å². The van der Waals surface area contributed by atoms with Gasteiger partial charge in [0.2, 0.25) is 0 Å². The summed E-state index contributed by atoms with van der Waals surface area (Å²) in [6.07, 6.45) is -3.71. The Bertz CT molecular complexity index is 338. The number of nitrogens with one attached hydrogen (secondary N) is 1. The number of halogens is 3. The highest BCUT2D eigenvalue weighted by molar-refractivity contribution is 5.26. The van der Waals surface area contributed by atoms with E-state index >= 15 is 0 Å². The standard InChI is InChI=1S/C11H15F3N2O/c1-17-7-6-10(16-15)8-2-4-9(5-3-8)11(12,13)14/h2-5,10,16H,6-7,15H2,1H3. The molecular weight excluding hydrogens is 233 g/mol. The smallest absolute Gasteiger partial charge is 0.385 e. The van der Waals surface area contributed by atoms with Crippen LogP contribution in [-0.2, 0) is 10.9 Å².